The van der Waals surface area contributed by atoms with Gasteiger partial charge in [-0.3, -0.25) is 9.89 Å². The van der Waals surface area contributed by atoms with Crippen molar-refractivity contribution in [1.82, 2.24) is 15.2 Å². The first-order chi connectivity index (χ1) is 10.2. The predicted molar refractivity (Wildman–Crippen MR) is 75.3 cm³/mol. The third-order valence-electron chi connectivity index (χ3n) is 2.70. The quantitative estimate of drug-likeness (QED) is 0.759. The van der Waals surface area contributed by atoms with Gasteiger partial charge in [0.2, 0.25) is 0 Å². The Hall–Kier alpha value is -2.44. The van der Waals surface area contributed by atoms with Crippen LogP contribution in [0, 0.1) is 5.82 Å². The summed E-state index contributed by atoms with van der Waals surface area (Å²) in [6.45, 7) is 2.67. The van der Waals surface area contributed by atoms with Crippen molar-refractivity contribution in [3.63, 3.8) is 0 Å². The molecule has 1 heterocycles. The summed E-state index contributed by atoms with van der Waals surface area (Å²) in [4.78, 5) is 15.5. The van der Waals surface area contributed by atoms with Gasteiger partial charge in [0.15, 0.2) is 5.82 Å². The molecule has 0 spiro atoms. The van der Waals surface area contributed by atoms with Crippen LogP contribution in [0.1, 0.15) is 18.6 Å². The Morgan fingerprint density at radius 3 is 3.10 bits per heavy atom. The zero-order chi connectivity index (χ0) is 15.1. The molecule has 0 saturated carbocycles. The number of nitrogens with zero attached hydrogens (tertiary/aromatic N) is 2. The lowest BCUT2D eigenvalue weighted by atomic mass is 10.3. The second kappa shape index (κ2) is 7.37. The molecule has 0 atom stereocenters. The van der Waals surface area contributed by atoms with Crippen LogP contribution in [-0.2, 0) is 22.4 Å². The number of hydrogen-bond donors (Lipinski definition) is 2. The van der Waals surface area contributed by atoms with E-state index >= 15 is 0 Å². The van der Waals surface area contributed by atoms with Crippen molar-refractivity contribution in [3.8, 4) is 0 Å². The standard InChI is InChI=1S/C14H17FN4O2/c1-2-21-14(20)9-13-17-12(18-19-13)6-7-16-11-5-3-4-10(15)8-11/h3-5,8,16H,2,6-7,9H2,1H3,(H,17,18,19). The van der Waals surface area contributed by atoms with Crippen molar-refractivity contribution in [2.75, 3.05) is 18.5 Å². The minimum atomic E-state index is -0.335. The summed E-state index contributed by atoms with van der Waals surface area (Å²) in [6, 6.07) is 6.24. The molecule has 1 aromatic heterocycles. The molecule has 21 heavy (non-hydrogen) atoms. The summed E-state index contributed by atoms with van der Waals surface area (Å²) in [7, 11) is 0. The number of carbonyl (C=O) groups excluding carboxylic acids is 1. The van der Waals surface area contributed by atoms with E-state index in [-0.39, 0.29) is 18.2 Å². The van der Waals surface area contributed by atoms with Gasteiger partial charge in [0.05, 0.1) is 6.61 Å². The van der Waals surface area contributed by atoms with E-state index in [2.05, 4.69) is 20.5 Å². The normalized spacial score (nSPS) is 10.4. The van der Waals surface area contributed by atoms with Gasteiger partial charge in [-0.15, -0.1) is 0 Å². The summed E-state index contributed by atoms with van der Waals surface area (Å²) in [5, 5.41) is 9.80. The number of ether oxygens (including phenoxy) is 1. The molecule has 2 rings (SSSR count). The summed E-state index contributed by atoms with van der Waals surface area (Å²) >= 11 is 0. The van der Waals surface area contributed by atoms with Crippen LogP contribution in [0.2, 0.25) is 0 Å². The van der Waals surface area contributed by atoms with Crippen LogP contribution >= 0.6 is 0 Å². The Labute approximate surface area is 121 Å². The molecule has 2 aromatic rings. The second-order valence-electron chi connectivity index (χ2n) is 4.37. The van der Waals surface area contributed by atoms with Gasteiger partial charge in [0, 0.05) is 18.7 Å². The molecule has 0 unspecified atom stereocenters. The average molecular weight is 292 g/mol. The summed E-state index contributed by atoms with van der Waals surface area (Å²) in [5.41, 5.74) is 0.706. The van der Waals surface area contributed by atoms with E-state index in [1.807, 2.05) is 0 Å². The molecular formula is C14H17FN4O2. The molecule has 0 saturated heterocycles. The first-order valence-corrected chi connectivity index (χ1v) is 6.72. The monoisotopic (exact) mass is 292 g/mol. The van der Waals surface area contributed by atoms with Crippen LogP contribution in [0.3, 0.4) is 0 Å². The highest BCUT2D eigenvalue weighted by Crippen LogP contribution is 2.08. The molecule has 0 fully saturated rings. The van der Waals surface area contributed by atoms with Crippen molar-refractivity contribution >= 4 is 11.7 Å². The van der Waals surface area contributed by atoms with E-state index in [9.17, 15) is 9.18 Å². The smallest absolute Gasteiger partial charge is 0.313 e. The number of hydrogen-bond acceptors (Lipinski definition) is 5. The number of rotatable bonds is 7. The number of halogens is 1. The lowest BCUT2D eigenvalue weighted by Gasteiger charge is -2.04. The molecule has 2 N–H and O–H groups in total. The van der Waals surface area contributed by atoms with E-state index in [0.717, 1.165) is 0 Å². The largest absolute Gasteiger partial charge is 0.466 e. The molecule has 0 radical (unpaired) electrons. The summed E-state index contributed by atoms with van der Waals surface area (Å²) in [5.74, 6) is 0.458. The second-order valence-corrected chi connectivity index (χ2v) is 4.37. The van der Waals surface area contributed by atoms with Crippen molar-refractivity contribution in [1.29, 1.82) is 0 Å². The number of H-pyrrole nitrogens is 1. The molecule has 6 nitrogen and oxygen atoms in total. The number of anilines is 1. The Balaban J connectivity index is 1.79. The van der Waals surface area contributed by atoms with Crippen molar-refractivity contribution in [2.24, 2.45) is 0 Å². The van der Waals surface area contributed by atoms with Crippen LogP contribution in [0.5, 0.6) is 0 Å². The number of nitrogens with one attached hydrogen (secondary N) is 2. The molecule has 0 bridgehead atoms. The molecule has 0 amide bonds. The fraction of sp³-hybridized carbons (Fsp3) is 0.357. The number of esters is 1. The maximum Gasteiger partial charge on any atom is 0.313 e. The van der Waals surface area contributed by atoms with Gasteiger partial charge in [0.1, 0.15) is 18.1 Å². The van der Waals surface area contributed by atoms with Crippen molar-refractivity contribution in [2.45, 2.75) is 19.8 Å². The lowest BCUT2D eigenvalue weighted by Crippen LogP contribution is -2.09. The average Bonchev–Trinajstić information content (AvgIpc) is 2.86. The highest BCUT2D eigenvalue weighted by Gasteiger charge is 2.09. The van der Waals surface area contributed by atoms with E-state index in [1.165, 1.54) is 12.1 Å². The number of carbonyl (C=O) groups is 1. The molecule has 7 heteroatoms. The SMILES string of the molecule is CCOC(=O)Cc1nc(CCNc2cccc(F)c2)n[nH]1. The minimum Gasteiger partial charge on any atom is -0.466 e. The maximum atomic E-state index is 13.0. The molecule has 1 aromatic carbocycles. The minimum absolute atomic E-state index is 0.0815. The lowest BCUT2D eigenvalue weighted by molar-refractivity contribution is -0.142. The van der Waals surface area contributed by atoms with Crippen LogP contribution in [0.15, 0.2) is 24.3 Å². The van der Waals surface area contributed by atoms with Gasteiger partial charge >= 0.3 is 5.97 Å². The van der Waals surface area contributed by atoms with Gasteiger partial charge in [-0.05, 0) is 25.1 Å². The molecule has 0 aliphatic rings. The Morgan fingerprint density at radius 2 is 2.33 bits per heavy atom. The van der Waals surface area contributed by atoms with Gasteiger partial charge in [0.25, 0.3) is 0 Å². The van der Waals surface area contributed by atoms with Gasteiger partial charge in [-0.1, -0.05) is 6.07 Å². The Bertz CT molecular complexity index is 600. The first-order valence-electron chi connectivity index (χ1n) is 6.72. The van der Waals surface area contributed by atoms with Gasteiger partial charge in [-0.2, -0.15) is 5.10 Å². The van der Waals surface area contributed by atoms with Crippen LogP contribution in [0.4, 0.5) is 10.1 Å². The zero-order valence-electron chi connectivity index (χ0n) is 11.7. The molecular weight excluding hydrogens is 275 g/mol. The van der Waals surface area contributed by atoms with E-state index in [1.54, 1.807) is 19.1 Å². The fourth-order valence-corrected chi connectivity index (χ4v) is 1.79. The number of benzene rings is 1. The molecule has 112 valence electrons. The predicted octanol–water partition coefficient (Wildman–Crippen LogP) is 1.70. The van der Waals surface area contributed by atoms with Crippen LogP contribution in [-0.4, -0.2) is 34.3 Å². The van der Waals surface area contributed by atoms with Gasteiger partial charge in [-0.25, -0.2) is 9.37 Å². The molecule has 0 aliphatic carbocycles. The highest BCUT2D eigenvalue weighted by atomic mass is 19.1. The third kappa shape index (κ3) is 4.87. The summed E-state index contributed by atoms with van der Waals surface area (Å²) < 4.78 is 17.8. The zero-order valence-corrected chi connectivity index (χ0v) is 11.7. The van der Waals surface area contributed by atoms with Gasteiger partial charge < -0.3 is 10.1 Å². The fourth-order valence-electron chi connectivity index (χ4n) is 1.79. The van der Waals surface area contributed by atoms with Crippen molar-refractivity contribution in [3.05, 3.63) is 41.7 Å². The summed E-state index contributed by atoms with van der Waals surface area (Å²) in [6.07, 6.45) is 0.647. The number of aromatic amines is 1. The van der Waals surface area contributed by atoms with E-state index in [0.29, 0.717) is 36.9 Å². The maximum absolute atomic E-state index is 13.0. The van der Waals surface area contributed by atoms with Crippen molar-refractivity contribution < 1.29 is 13.9 Å². The first kappa shape index (κ1) is 15.0. The van der Waals surface area contributed by atoms with E-state index in [4.69, 9.17) is 4.74 Å². The van der Waals surface area contributed by atoms with Crippen LogP contribution in [0.25, 0.3) is 0 Å². The highest BCUT2D eigenvalue weighted by molar-refractivity contribution is 5.71. The topological polar surface area (TPSA) is 79.9 Å². The molecule has 0 aliphatic heterocycles. The van der Waals surface area contributed by atoms with Crippen LogP contribution < -0.4 is 5.32 Å². The Morgan fingerprint density at radius 1 is 1.48 bits per heavy atom. The number of aromatic nitrogens is 3. The Kier molecular flexibility index (Phi) is 5.25. The van der Waals surface area contributed by atoms with E-state index < -0.39 is 0 Å². The third-order valence-corrected chi connectivity index (χ3v) is 2.70.